The lowest BCUT2D eigenvalue weighted by molar-refractivity contribution is -0.274. The zero-order chi connectivity index (χ0) is 24.9. The summed E-state index contributed by atoms with van der Waals surface area (Å²) in [5.41, 5.74) is 4.62. The first-order valence-corrected chi connectivity index (χ1v) is 10.8. The number of rotatable bonds is 8. The standard InChI is InChI=1S/C27H27F3O4/c1-26(2,3)22-10-6-19(7-11-22)20-8-14-24(21(16-20)9-15-25(31)32)33-17-18-4-12-23(13-5-18)34-27(28,29)30/h4-8,10-14,16H,9,15,17H2,1-3H3,(H,31,32). The van der Waals surface area contributed by atoms with E-state index in [9.17, 15) is 18.0 Å². The van der Waals surface area contributed by atoms with Gasteiger partial charge >= 0.3 is 12.3 Å². The number of aryl methyl sites for hydroxylation is 1. The van der Waals surface area contributed by atoms with Gasteiger partial charge in [0.15, 0.2) is 0 Å². The highest BCUT2D eigenvalue weighted by atomic mass is 19.4. The van der Waals surface area contributed by atoms with Crippen molar-refractivity contribution >= 4 is 5.97 Å². The largest absolute Gasteiger partial charge is 0.573 e. The van der Waals surface area contributed by atoms with Gasteiger partial charge in [0.1, 0.15) is 18.1 Å². The first-order valence-electron chi connectivity index (χ1n) is 10.8. The van der Waals surface area contributed by atoms with E-state index in [1.807, 2.05) is 24.3 Å². The van der Waals surface area contributed by atoms with Crippen molar-refractivity contribution in [3.05, 3.63) is 83.4 Å². The number of benzene rings is 3. The summed E-state index contributed by atoms with van der Waals surface area (Å²) in [6.07, 6.45) is -4.50. The van der Waals surface area contributed by atoms with Crippen LogP contribution in [0.15, 0.2) is 66.7 Å². The van der Waals surface area contributed by atoms with E-state index in [1.54, 1.807) is 6.07 Å². The number of carboxylic acid groups (broad SMARTS) is 1. The van der Waals surface area contributed by atoms with Crippen molar-refractivity contribution in [3.63, 3.8) is 0 Å². The van der Waals surface area contributed by atoms with E-state index in [2.05, 4.69) is 37.6 Å². The first-order chi connectivity index (χ1) is 15.9. The number of hydrogen-bond donors (Lipinski definition) is 1. The molecule has 3 aromatic carbocycles. The van der Waals surface area contributed by atoms with Gasteiger partial charge in [-0.05, 0) is 63.9 Å². The van der Waals surface area contributed by atoms with Gasteiger partial charge in [0.05, 0.1) is 0 Å². The van der Waals surface area contributed by atoms with E-state index in [-0.39, 0.29) is 30.6 Å². The van der Waals surface area contributed by atoms with Crippen molar-refractivity contribution in [1.82, 2.24) is 0 Å². The van der Waals surface area contributed by atoms with Gasteiger partial charge in [-0.15, -0.1) is 13.2 Å². The molecule has 0 spiro atoms. The Labute approximate surface area is 197 Å². The topological polar surface area (TPSA) is 55.8 Å². The molecule has 0 aliphatic carbocycles. The summed E-state index contributed by atoms with van der Waals surface area (Å²) in [5.74, 6) is -0.682. The molecule has 3 aromatic rings. The molecule has 0 aromatic heterocycles. The highest BCUT2D eigenvalue weighted by Crippen LogP contribution is 2.31. The fraction of sp³-hybridized carbons (Fsp3) is 0.296. The monoisotopic (exact) mass is 472 g/mol. The van der Waals surface area contributed by atoms with Gasteiger partial charge in [0.2, 0.25) is 0 Å². The van der Waals surface area contributed by atoms with E-state index in [0.717, 1.165) is 16.7 Å². The Bertz CT molecular complexity index is 1110. The summed E-state index contributed by atoms with van der Waals surface area (Å²) in [5, 5.41) is 9.14. The predicted molar refractivity (Wildman–Crippen MR) is 124 cm³/mol. The average molecular weight is 473 g/mol. The molecule has 3 rings (SSSR count). The van der Waals surface area contributed by atoms with Crippen LogP contribution in [0.3, 0.4) is 0 Å². The van der Waals surface area contributed by atoms with Crippen LogP contribution in [-0.2, 0) is 23.2 Å². The Balaban J connectivity index is 1.78. The van der Waals surface area contributed by atoms with Gasteiger partial charge in [-0.3, -0.25) is 4.79 Å². The van der Waals surface area contributed by atoms with Crippen molar-refractivity contribution in [2.45, 2.75) is 52.0 Å². The molecule has 34 heavy (non-hydrogen) atoms. The van der Waals surface area contributed by atoms with Crippen LogP contribution in [0.25, 0.3) is 11.1 Å². The molecule has 180 valence electrons. The van der Waals surface area contributed by atoms with Crippen LogP contribution >= 0.6 is 0 Å². The van der Waals surface area contributed by atoms with E-state index < -0.39 is 12.3 Å². The molecule has 0 aliphatic heterocycles. The minimum atomic E-state index is -4.74. The van der Waals surface area contributed by atoms with Gasteiger partial charge in [-0.25, -0.2) is 0 Å². The van der Waals surface area contributed by atoms with E-state index in [0.29, 0.717) is 11.3 Å². The summed E-state index contributed by atoms with van der Waals surface area (Å²) in [6.45, 7) is 6.56. The molecule has 7 heteroatoms. The normalized spacial score (nSPS) is 11.8. The van der Waals surface area contributed by atoms with Crippen LogP contribution in [0.2, 0.25) is 0 Å². The molecule has 0 radical (unpaired) electrons. The molecule has 4 nitrogen and oxygen atoms in total. The molecule has 0 unspecified atom stereocenters. The Hall–Kier alpha value is -3.48. The minimum Gasteiger partial charge on any atom is -0.489 e. The molecular formula is C27H27F3O4. The lowest BCUT2D eigenvalue weighted by atomic mass is 9.86. The van der Waals surface area contributed by atoms with Gasteiger partial charge < -0.3 is 14.6 Å². The third kappa shape index (κ3) is 7.27. The van der Waals surface area contributed by atoms with Crippen LogP contribution in [0.1, 0.15) is 43.9 Å². The summed E-state index contributed by atoms with van der Waals surface area (Å²) in [7, 11) is 0. The number of ether oxygens (including phenoxy) is 2. The lowest BCUT2D eigenvalue weighted by Gasteiger charge is -2.19. The summed E-state index contributed by atoms with van der Waals surface area (Å²) in [6, 6.07) is 19.3. The number of aliphatic carboxylic acids is 1. The molecule has 0 heterocycles. The van der Waals surface area contributed by atoms with Gasteiger partial charge in [0, 0.05) is 6.42 Å². The third-order valence-electron chi connectivity index (χ3n) is 5.30. The third-order valence-corrected chi connectivity index (χ3v) is 5.30. The highest BCUT2D eigenvalue weighted by Gasteiger charge is 2.30. The Morgan fingerprint density at radius 3 is 2.06 bits per heavy atom. The second-order valence-corrected chi connectivity index (χ2v) is 9.02. The van der Waals surface area contributed by atoms with Gasteiger partial charge in [0.25, 0.3) is 0 Å². The number of alkyl halides is 3. The fourth-order valence-corrected chi connectivity index (χ4v) is 3.45. The SMILES string of the molecule is CC(C)(C)c1ccc(-c2ccc(OCc3ccc(OC(F)(F)F)cc3)c(CCC(=O)O)c2)cc1. The van der Waals surface area contributed by atoms with Crippen molar-refractivity contribution in [1.29, 1.82) is 0 Å². The molecule has 0 saturated carbocycles. The van der Waals surface area contributed by atoms with Crippen LogP contribution in [0.4, 0.5) is 13.2 Å². The Morgan fingerprint density at radius 1 is 0.882 bits per heavy atom. The van der Waals surface area contributed by atoms with Crippen molar-refractivity contribution in [2.24, 2.45) is 0 Å². The Kier molecular flexibility index (Phi) is 7.54. The average Bonchev–Trinajstić information content (AvgIpc) is 2.76. The molecule has 0 bridgehead atoms. The number of carbonyl (C=O) groups is 1. The smallest absolute Gasteiger partial charge is 0.489 e. The van der Waals surface area contributed by atoms with E-state index >= 15 is 0 Å². The van der Waals surface area contributed by atoms with Crippen molar-refractivity contribution in [2.75, 3.05) is 0 Å². The fourth-order valence-electron chi connectivity index (χ4n) is 3.45. The molecule has 1 N–H and O–H groups in total. The summed E-state index contributed by atoms with van der Waals surface area (Å²) >= 11 is 0. The minimum absolute atomic E-state index is 0.0416. The van der Waals surface area contributed by atoms with Gasteiger partial charge in [-0.2, -0.15) is 0 Å². The highest BCUT2D eigenvalue weighted by molar-refractivity contribution is 5.69. The number of carboxylic acids is 1. The molecular weight excluding hydrogens is 445 g/mol. The van der Waals surface area contributed by atoms with Crippen LogP contribution in [0, 0.1) is 0 Å². The maximum atomic E-state index is 12.3. The van der Waals surface area contributed by atoms with Crippen LogP contribution in [-0.4, -0.2) is 17.4 Å². The summed E-state index contributed by atoms with van der Waals surface area (Å²) < 4.78 is 46.7. The zero-order valence-electron chi connectivity index (χ0n) is 19.3. The quantitative estimate of drug-likeness (QED) is 0.378. The lowest BCUT2D eigenvalue weighted by Crippen LogP contribution is -2.17. The number of halogens is 3. The maximum absolute atomic E-state index is 12.3. The predicted octanol–water partition coefficient (Wildman–Crippen LogP) is 7.15. The molecule has 0 aliphatic rings. The molecule has 0 saturated heterocycles. The van der Waals surface area contributed by atoms with Crippen LogP contribution in [0.5, 0.6) is 11.5 Å². The maximum Gasteiger partial charge on any atom is 0.573 e. The molecule has 0 amide bonds. The number of hydrogen-bond acceptors (Lipinski definition) is 3. The molecule has 0 atom stereocenters. The summed E-state index contributed by atoms with van der Waals surface area (Å²) in [4.78, 5) is 11.1. The first kappa shape index (κ1) is 25.1. The van der Waals surface area contributed by atoms with E-state index in [4.69, 9.17) is 9.84 Å². The van der Waals surface area contributed by atoms with Crippen molar-refractivity contribution in [3.8, 4) is 22.6 Å². The second-order valence-electron chi connectivity index (χ2n) is 9.02. The molecule has 0 fully saturated rings. The van der Waals surface area contributed by atoms with Crippen LogP contribution < -0.4 is 9.47 Å². The Morgan fingerprint density at radius 2 is 1.50 bits per heavy atom. The van der Waals surface area contributed by atoms with E-state index in [1.165, 1.54) is 29.8 Å². The van der Waals surface area contributed by atoms with Gasteiger partial charge in [-0.1, -0.05) is 63.2 Å². The zero-order valence-corrected chi connectivity index (χ0v) is 19.3. The van der Waals surface area contributed by atoms with Crippen molar-refractivity contribution < 1.29 is 32.5 Å². The second kappa shape index (κ2) is 10.2.